The highest BCUT2D eigenvalue weighted by Gasteiger charge is 2.17. The molecule has 0 saturated carbocycles. The van der Waals surface area contributed by atoms with E-state index in [1.807, 2.05) is 32.9 Å². The normalized spacial score (nSPS) is 11.5. The molecule has 3 N–H and O–H groups in total. The van der Waals surface area contributed by atoms with Crippen molar-refractivity contribution in [3.05, 3.63) is 58.9 Å². The van der Waals surface area contributed by atoms with Crippen LogP contribution < -0.4 is 16.0 Å². The van der Waals surface area contributed by atoms with E-state index in [0.29, 0.717) is 5.69 Å². The summed E-state index contributed by atoms with van der Waals surface area (Å²) in [5.74, 6) is -1.27. The Balaban J connectivity index is 1.75. The Bertz CT molecular complexity index is 909. The van der Waals surface area contributed by atoms with Crippen LogP contribution in [0.2, 0.25) is 0 Å². The van der Waals surface area contributed by atoms with Crippen molar-refractivity contribution < 1.29 is 18.8 Å². The predicted molar refractivity (Wildman–Crippen MR) is 119 cm³/mol. The number of carbonyl (C=O) groups is 3. The fraction of sp³-hybridized carbons (Fsp3) is 0.318. The molecule has 0 bridgehead atoms. The second-order valence-electron chi connectivity index (χ2n) is 7.05. The van der Waals surface area contributed by atoms with Gasteiger partial charge in [0.2, 0.25) is 17.7 Å². The number of benzene rings is 2. The van der Waals surface area contributed by atoms with Crippen LogP contribution in [0, 0.1) is 26.6 Å². The number of hydrogen-bond acceptors (Lipinski definition) is 4. The minimum absolute atomic E-state index is 0.0555. The highest BCUT2D eigenvalue weighted by Crippen LogP contribution is 2.21. The lowest BCUT2D eigenvalue weighted by molar-refractivity contribution is -0.123. The third-order valence-corrected chi connectivity index (χ3v) is 5.47. The van der Waals surface area contributed by atoms with Crippen LogP contribution in [0.4, 0.5) is 15.8 Å². The van der Waals surface area contributed by atoms with Crippen molar-refractivity contribution in [1.82, 2.24) is 5.32 Å². The van der Waals surface area contributed by atoms with E-state index in [9.17, 15) is 18.8 Å². The number of thioether (sulfide) groups is 1. The highest BCUT2D eigenvalue weighted by molar-refractivity contribution is 8.01. The number of aryl methyl sites for hydroxylation is 3. The molecular formula is C22H26FN3O3S. The number of anilines is 2. The van der Waals surface area contributed by atoms with E-state index in [-0.39, 0.29) is 35.8 Å². The average molecular weight is 432 g/mol. The van der Waals surface area contributed by atoms with E-state index in [4.69, 9.17) is 0 Å². The van der Waals surface area contributed by atoms with Gasteiger partial charge in [0.05, 0.1) is 17.5 Å². The van der Waals surface area contributed by atoms with Crippen LogP contribution in [-0.4, -0.2) is 35.3 Å². The molecule has 0 radical (unpaired) electrons. The lowest BCUT2D eigenvalue weighted by Crippen LogP contribution is -2.37. The standard InChI is InChI=1S/C22H26FN3O3S/c1-13-9-14(2)21(15(3)10-13)26-19(27)11-24-22(29)16(4)30-12-20(28)25-18-7-5-17(23)6-8-18/h5-10,16H,11-12H2,1-4H3,(H,24,29)(H,25,28)(H,26,27). The first kappa shape index (κ1) is 23.4. The largest absolute Gasteiger partial charge is 0.346 e. The summed E-state index contributed by atoms with van der Waals surface area (Å²) in [7, 11) is 0. The van der Waals surface area contributed by atoms with Gasteiger partial charge >= 0.3 is 0 Å². The van der Waals surface area contributed by atoms with Gasteiger partial charge in [-0.3, -0.25) is 14.4 Å². The zero-order chi connectivity index (χ0) is 22.3. The molecule has 2 aromatic carbocycles. The van der Waals surface area contributed by atoms with E-state index >= 15 is 0 Å². The summed E-state index contributed by atoms with van der Waals surface area (Å²) in [4.78, 5) is 36.4. The van der Waals surface area contributed by atoms with Gasteiger partial charge in [-0.05, 0) is 63.1 Å². The maximum absolute atomic E-state index is 12.9. The third-order valence-electron chi connectivity index (χ3n) is 4.33. The molecule has 1 unspecified atom stereocenters. The van der Waals surface area contributed by atoms with Crippen molar-refractivity contribution in [2.24, 2.45) is 0 Å². The number of rotatable bonds is 8. The molecule has 30 heavy (non-hydrogen) atoms. The molecule has 0 aliphatic carbocycles. The molecule has 0 heterocycles. The highest BCUT2D eigenvalue weighted by atomic mass is 32.2. The number of halogens is 1. The molecule has 8 heteroatoms. The van der Waals surface area contributed by atoms with Crippen molar-refractivity contribution in [2.75, 3.05) is 22.9 Å². The van der Waals surface area contributed by atoms with Gasteiger partial charge in [-0.1, -0.05) is 17.7 Å². The molecule has 6 nitrogen and oxygen atoms in total. The van der Waals surface area contributed by atoms with Crippen molar-refractivity contribution in [2.45, 2.75) is 32.9 Å². The van der Waals surface area contributed by atoms with Crippen molar-refractivity contribution in [3.8, 4) is 0 Å². The Labute approximate surface area is 180 Å². The monoisotopic (exact) mass is 431 g/mol. The second kappa shape index (κ2) is 10.8. The maximum Gasteiger partial charge on any atom is 0.243 e. The topological polar surface area (TPSA) is 87.3 Å². The van der Waals surface area contributed by atoms with Crippen LogP contribution in [-0.2, 0) is 14.4 Å². The SMILES string of the molecule is Cc1cc(C)c(NC(=O)CNC(=O)C(C)SCC(=O)Nc2ccc(F)cc2)c(C)c1. The second-order valence-corrected chi connectivity index (χ2v) is 8.38. The van der Waals surface area contributed by atoms with Gasteiger partial charge in [0.25, 0.3) is 0 Å². The Morgan fingerprint density at radius 1 is 0.967 bits per heavy atom. The van der Waals surface area contributed by atoms with E-state index in [1.54, 1.807) is 6.92 Å². The first-order valence-corrected chi connectivity index (χ1v) is 10.5. The minimum Gasteiger partial charge on any atom is -0.346 e. The lowest BCUT2D eigenvalue weighted by Gasteiger charge is -2.14. The molecule has 0 spiro atoms. The van der Waals surface area contributed by atoms with E-state index in [0.717, 1.165) is 34.1 Å². The summed E-state index contributed by atoms with van der Waals surface area (Å²) >= 11 is 1.15. The molecule has 0 aliphatic heterocycles. The van der Waals surface area contributed by atoms with Gasteiger partial charge in [0.1, 0.15) is 5.82 Å². The molecule has 2 rings (SSSR count). The number of amides is 3. The Hall–Kier alpha value is -2.87. The van der Waals surface area contributed by atoms with Gasteiger partial charge in [-0.25, -0.2) is 4.39 Å². The zero-order valence-electron chi connectivity index (χ0n) is 17.5. The molecule has 2 aromatic rings. The van der Waals surface area contributed by atoms with Gasteiger partial charge in [-0.15, -0.1) is 11.8 Å². The Morgan fingerprint density at radius 3 is 2.17 bits per heavy atom. The predicted octanol–water partition coefficient (Wildman–Crippen LogP) is 3.57. The van der Waals surface area contributed by atoms with E-state index < -0.39 is 5.25 Å². The van der Waals surface area contributed by atoms with Crippen LogP contribution in [0.15, 0.2) is 36.4 Å². The molecule has 0 aromatic heterocycles. The van der Waals surface area contributed by atoms with Crippen LogP contribution in [0.1, 0.15) is 23.6 Å². The summed E-state index contributed by atoms with van der Waals surface area (Å²) in [5, 5.41) is 7.54. The lowest BCUT2D eigenvalue weighted by atomic mass is 10.1. The van der Waals surface area contributed by atoms with Crippen molar-refractivity contribution in [1.29, 1.82) is 0 Å². The van der Waals surface area contributed by atoms with Crippen LogP contribution >= 0.6 is 11.8 Å². The van der Waals surface area contributed by atoms with E-state index in [1.165, 1.54) is 24.3 Å². The maximum atomic E-state index is 12.9. The van der Waals surface area contributed by atoms with E-state index in [2.05, 4.69) is 16.0 Å². The summed E-state index contributed by atoms with van der Waals surface area (Å²) in [5.41, 5.74) is 4.27. The first-order valence-electron chi connectivity index (χ1n) is 9.48. The molecular weight excluding hydrogens is 405 g/mol. The van der Waals surface area contributed by atoms with Crippen molar-refractivity contribution in [3.63, 3.8) is 0 Å². The minimum atomic E-state index is -0.514. The molecule has 0 aliphatic rings. The Morgan fingerprint density at radius 2 is 1.57 bits per heavy atom. The fourth-order valence-corrected chi connectivity index (χ4v) is 3.59. The quantitative estimate of drug-likeness (QED) is 0.596. The third kappa shape index (κ3) is 7.18. The summed E-state index contributed by atoms with van der Waals surface area (Å²) in [6, 6.07) is 9.40. The smallest absolute Gasteiger partial charge is 0.243 e. The average Bonchev–Trinajstić information content (AvgIpc) is 2.68. The van der Waals surface area contributed by atoms with Crippen LogP contribution in [0.5, 0.6) is 0 Å². The number of nitrogens with one attached hydrogen (secondary N) is 3. The van der Waals surface area contributed by atoms with Gasteiger partial charge in [-0.2, -0.15) is 0 Å². The van der Waals surface area contributed by atoms with Gasteiger partial charge in [0, 0.05) is 11.4 Å². The van der Waals surface area contributed by atoms with Gasteiger partial charge in [0.15, 0.2) is 0 Å². The molecule has 0 saturated heterocycles. The first-order chi connectivity index (χ1) is 14.2. The summed E-state index contributed by atoms with van der Waals surface area (Å²) in [6.07, 6.45) is 0. The zero-order valence-corrected chi connectivity index (χ0v) is 18.3. The fourth-order valence-electron chi connectivity index (χ4n) is 2.88. The number of hydrogen-bond donors (Lipinski definition) is 3. The molecule has 160 valence electrons. The number of carbonyl (C=O) groups excluding carboxylic acids is 3. The summed E-state index contributed by atoms with van der Waals surface area (Å²) < 4.78 is 12.9. The van der Waals surface area contributed by atoms with Crippen LogP contribution in [0.25, 0.3) is 0 Å². The van der Waals surface area contributed by atoms with Crippen molar-refractivity contribution >= 4 is 40.9 Å². The molecule has 0 fully saturated rings. The van der Waals surface area contributed by atoms with Gasteiger partial charge < -0.3 is 16.0 Å². The van der Waals surface area contributed by atoms with Crippen LogP contribution in [0.3, 0.4) is 0 Å². The molecule has 1 atom stereocenters. The summed E-state index contributed by atoms with van der Waals surface area (Å²) in [6.45, 7) is 7.34. The molecule has 3 amide bonds. The Kier molecular flexibility index (Phi) is 8.41.